The average molecular weight is 612 g/mol. The van der Waals surface area contributed by atoms with Crippen molar-refractivity contribution in [3.63, 3.8) is 0 Å². The molecule has 3 heterocycles. The number of aromatic nitrogens is 4. The Labute approximate surface area is 240 Å². The van der Waals surface area contributed by atoms with E-state index >= 15 is 0 Å². The Morgan fingerprint density at radius 2 is 1.88 bits per heavy atom. The Balaban J connectivity index is 1.77. The predicted octanol–water partition coefficient (Wildman–Crippen LogP) is 3.85. The van der Waals surface area contributed by atoms with Crippen LogP contribution in [0.15, 0.2) is 35.5 Å². The fourth-order valence-electron chi connectivity index (χ4n) is 4.17. The van der Waals surface area contributed by atoms with Crippen LogP contribution in [0, 0.1) is 28.8 Å². The summed E-state index contributed by atoms with van der Waals surface area (Å²) in [6.07, 6.45) is -0.386. The van der Waals surface area contributed by atoms with Crippen LogP contribution < -0.4 is 0 Å². The van der Waals surface area contributed by atoms with Gasteiger partial charge in [0.2, 0.25) is 0 Å². The van der Waals surface area contributed by atoms with Crippen LogP contribution >= 0.6 is 23.4 Å². The van der Waals surface area contributed by atoms with Crippen LogP contribution in [-0.2, 0) is 28.5 Å². The molecule has 4 rings (SSSR count). The normalized spacial score (nSPS) is 22.1. The van der Waals surface area contributed by atoms with E-state index < -0.39 is 59.2 Å². The van der Waals surface area contributed by atoms with Crippen LogP contribution in [0.25, 0.3) is 11.3 Å². The van der Waals surface area contributed by atoms with E-state index in [0.717, 1.165) is 23.9 Å². The molecule has 0 unspecified atom stereocenters. The number of halogens is 4. The number of nitriles is 1. The third-order valence-electron chi connectivity index (χ3n) is 5.91. The minimum atomic E-state index is -1.63. The number of hydrogen-bond donors (Lipinski definition) is 0. The van der Waals surface area contributed by atoms with Crippen molar-refractivity contribution >= 4 is 35.3 Å². The average Bonchev–Trinajstić information content (AvgIpc) is 3.40. The first-order valence-corrected chi connectivity index (χ1v) is 13.1. The summed E-state index contributed by atoms with van der Waals surface area (Å²) >= 11 is 7.25. The number of methoxy groups -OCH3 is 1. The maximum absolute atomic E-state index is 13.9. The maximum atomic E-state index is 13.9. The smallest absolute Gasteiger partial charge is 0.303 e. The SMILES string of the molecule is CO[C@@H]1[C@@H](n2cc(-c3cc(F)c(F)c(F)c3)nn2)[C@@H](OC(C)=O)[C@@H](COC(C)=O)O[C@@H]1Sc1cnc(C#N)c(Cl)c1. The molecule has 1 saturated heterocycles. The van der Waals surface area contributed by atoms with E-state index in [4.69, 9.17) is 35.8 Å². The summed E-state index contributed by atoms with van der Waals surface area (Å²) < 4.78 is 65.3. The van der Waals surface area contributed by atoms with E-state index in [9.17, 15) is 22.8 Å². The van der Waals surface area contributed by atoms with Crippen molar-refractivity contribution in [3.05, 3.63) is 58.8 Å². The second-order valence-electron chi connectivity index (χ2n) is 8.68. The van der Waals surface area contributed by atoms with Crippen molar-refractivity contribution in [2.24, 2.45) is 0 Å². The van der Waals surface area contributed by atoms with Gasteiger partial charge < -0.3 is 18.9 Å². The molecule has 1 aliphatic heterocycles. The molecule has 0 aliphatic carbocycles. The number of thioether (sulfide) groups is 1. The quantitative estimate of drug-likeness (QED) is 0.271. The first kappa shape index (κ1) is 30.3. The number of nitrogens with zero attached hydrogens (tertiary/aromatic N) is 5. The van der Waals surface area contributed by atoms with Crippen LogP contribution in [-0.4, -0.2) is 69.4 Å². The van der Waals surface area contributed by atoms with Crippen LogP contribution in [0.2, 0.25) is 5.02 Å². The molecule has 2 aromatic heterocycles. The molecule has 0 saturated carbocycles. The van der Waals surface area contributed by atoms with Gasteiger partial charge in [0.05, 0.1) is 11.2 Å². The predicted molar refractivity (Wildman–Crippen MR) is 136 cm³/mol. The molecule has 5 atom stereocenters. The molecule has 0 bridgehead atoms. The lowest BCUT2D eigenvalue weighted by atomic mass is 9.96. The number of ether oxygens (including phenoxy) is 4. The highest BCUT2D eigenvalue weighted by Crippen LogP contribution is 2.41. The monoisotopic (exact) mass is 611 g/mol. The van der Waals surface area contributed by atoms with E-state index in [0.29, 0.717) is 4.90 Å². The molecule has 1 aliphatic rings. The number of carbonyl (C=O) groups is 2. The van der Waals surface area contributed by atoms with Gasteiger partial charge in [-0.15, -0.1) is 5.10 Å². The lowest BCUT2D eigenvalue weighted by Gasteiger charge is -2.44. The molecule has 216 valence electrons. The second kappa shape index (κ2) is 12.9. The molecule has 1 fully saturated rings. The Morgan fingerprint density at radius 3 is 2.46 bits per heavy atom. The Hall–Kier alpha value is -3.71. The Kier molecular flexibility index (Phi) is 9.49. The lowest BCUT2D eigenvalue weighted by Crippen LogP contribution is -2.57. The first-order chi connectivity index (χ1) is 19.5. The number of hydrogen-bond acceptors (Lipinski definition) is 11. The van der Waals surface area contributed by atoms with Gasteiger partial charge in [0.15, 0.2) is 29.2 Å². The van der Waals surface area contributed by atoms with Crippen molar-refractivity contribution in [1.29, 1.82) is 5.26 Å². The van der Waals surface area contributed by atoms with Gasteiger partial charge in [-0.2, -0.15) is 5.26 Å². The van der Waals surface area contributed by atoms with E-state index in [-0.39, 0.29) is 28.6 Å². The molecule has 0 radical (unpaired) electrons. The van der Waals surface area contributed by atoms with Gasteiger partial charge in [0, 0.05) is 37.6 Å². The largest absolute Gasteiger partial charge is 0.463 e. The molecular weight excluding hydrogens is 591 g/mol. The minimum absolute atomic E-state index is 0.0190. The highest BCUT2D eigenvalue weighted by molar-refractivity contribution is 7.99. The summed E-state index contributed by atoms with van der Waals surface area (Å²) in [7, 11) is 1.37. The Bertz CT molecular complexity index is 1480. The molecule has 41 heavy (non-hydrogen) atoms. The highest BCUT2D eigenvalue weighted by atomic mass is 35.5. The topological polar surface area (TPSA) is 138 Å². The summed E-state index contributed by atoms with van der Waals surface area (Å²) in [5, 5.41) is 17.3. The van der Waals surface area contributed by atoms with Crippen molar-refractivity contribution < 1.29 is 41.7 Å². The number of rotatable bonds is 8. The van der Waals surface area contributed by atoms with Gasteiger partial charge in [-0.25, -0.2) is 22.8 Å². The van der Waals surface area contributed by atoms with Crippen molar-refractivity contribution in [2.45, 2.75) is 48.5 Å². The highest BCUT2D eigenvalue weighted by Gasteiger charge is 2.50. The van der Waals surface area contributed by atoms with Gasteiger partial charge in [0.25, 0.3) is 0 Å². The third kappa shape index (κ3) is 6.79. The zero-order chi connectivity index (χ0) is 29.8. The fraction of sp³-hybridized carbons (Fsp3) is 0.360. The number of carbonyl (C=O) groups excluding carboxylic acids is 2. The second-order valence-corrected chi connectivity index (χ2v) is 10.3. The molecule has 0 spiro atoms. The molecule has 3 aromatic rings. The van der Waals surface area contributed by atoms with Crippen LogP contribution in [0.4, 0.5) is 13.2 Å². The minimum Gasteiger partial charge on any atom is -0.463 e. The van der Waals surface area contributed by atoms with E-state index in [1.54, 1.807) is 0 Å². The summed E-state index contributed by atoms with van der Waals surface area (Å²) in [6.45, 7) is 2.05. The Morgan fingerprint density at radius 1 is 1.17 bits per heavy atom. The molecule has 16 heteroatoms. The van der Waals surface area contributed by atoms with Crippen LogP contribution in [0.5, 0.6) is 0 Å². The van der Waals surface area contributed by atoms with Gasteiger partial charge in [-0.3, -0.25) is 9.59 Å². The summed E-state index contributed by atoms with van der Waals surface area (Å²) in [5.74, 6) is -5.77. The van der Waals surface area contributed by atoms with E-state index in [1.807, 2.05) is 6.07 Å². The number of pyridine rings is 1. The van der Waals surface area contributed by atoms with Crippen LogP contribution in [0.3, 0.4) is 0 Å². The first-order valence-electron chi connectivity index (χ1n) is 11.8. The van der Waals surface area contributed by atoms with Crippen molar-refractivity contribution in [1.82, 2.24) is 20.0 Å². The van der Waals surface area contributed by atoms with Crippen LogP contribution in [0.1, 0.15) is 25.6 Å². The fourth-order valence-corrected chi connectivity index (χ4v) is 5.62. The zero-order valence-corrected chi connectivity index (χ0v) is 23.2. The van der Waals surface area contributed by atoms with Gasteiger partial charge in [-0.05, 0) is 18.2 Å². The molecule has 0 amide bonds. The summed E-state index contributed by atoms with van der Waals surface area (Å²) in [6, 6.07) is 3.92. The molecular formula is C25H21ClF3N5O6S. The van der Waals surface area contributed by atoms with Gasteiger partial charge in [-0.1, -0.05) is 28.6 Å². The van der Waals surface area contributed by atoms with Crippen molar-refractivity contribution in [3.8, 4) is 17.3 Å². The standard InChI is InChI=1S/C25H21ClF3N5O6S/c1-11(35)38-10-20-23(39-12(2)36)22(34-9-19(32-33-34)13-4-16(27)21(29)17(28)5-13)24(37-3)25(40-20)41-14-6-15(26)18(7-30)31-8-14/h4-6,8-9,20,22-25H,10H2,1-3H3/t20-,22+,23+,24-,25-/m1/s1. The summed E-state index contributed by atoms with van der Waals surface area (Å²) in [5.41, 5.74) is -0.974. The number of esters is 2. The summed E-state index contributed by atoms with van der Waals surface area (Å²) in [4.78, 5) is 28.3. The van der Waals surface area contributed by atoms with Gasteiger partial charge >= 0.3 is 11.9 Å². The lowest BCUT2D eigenvalue weighted by molar-refractivity contribution is -0.208. The molecule has 0 N–H and O–H groups in total. The number of benzene rings is 1. The maximum Gasteiger partial charge on any atom is 0.303 e. The van der Waals surface area contributed by atoms with Crippen molar-refractivity contribution in [2.75, 3.05) is 13.7 Å². The zero-order valence-electron chi connectivity index (χ0n) is 21.6. The molecule has 1 aromatic carbocycles. The van der Waals surface area contributed by atoms with Gasteiger partial charge in [0.1, 0.15) is 42.1 Å². The molecule has 11 nitrogen and oxygen atoms in total. The van der Waals surface area contributed by atoms with E-state index in [2.05, 4.69) is 15.3 Å². The van der Waals surface area contributed by atoms with E-state index in [1.165, 1.54) is 44.1 Å². The third-order valence-corrected chi connectivity index (χ3v) is 7.31.